The highest BCUT2D eigenvalue weighted by Gasteiger charge is 2.42. The van der Waals surface area contributed by atoms with Gasteiger partial charge in [-0.3, -0.25) is 0 Å². The molecule has 74 valence electrons. The lowest BCUT2D eigenvalue weighted by atomic mass is 9.82. The number of benzene rings is 1. The molecule has 1 aromatic rings. The average Bonchev–Trinajstić information content (AvgIpc) is 2.77. The number of ether oxygens (including phenoxy) is 1. The molecule has 1 saturated heterocycles. The maximum absolute atomic E-state index is 5.92. The molecule has 1 fully saturated rings. The summed E-state index contributed by atoms with van der Waals surface area (Å²) >= 11 is 5.92. The van der Waals surface area contributed by atoms with E-state index in [2.05, 4.69) is 11.4 Å². The van der Waals surface area contributed by atoms with E-state index in [9.17, 15) is 0 Å². The van der Waals surface area contributed by atoms with E-state index >= 15 is 0 Å². The lowest BCUT2D eigenvalue weighted by Gasteiger charge is -2.19. The maximum atomic E-state index is 5.92. The minimum Gasteiger partial charge on any atom is -0.492 e. The first-order valence-corrected chi connectivity index (χ1v) is 5.32. The van der Waals surface area contributed by atoms with Crippen LogP contribution in [0.15, 0.2) is 18.2 Å². The molecule has 3 rings (SSSR count). The second-order valence-electron chi connectivity index (χ2n) is 4.14. The van der Waals surface area contributed by atoms with Gasteiger partial charge in [-0.25, -0.2) is 0 Å². The van der Waals surface area contributed by atoms with Crippen LogP contribution in [-0.2, 0) is 5.41 Å². The number of halogens is 1. The van der Waals surface area contributed by atoms with Gasteiger partial charge in [-0.1, -0.05) is 17.7 Å². The standard InChI is InChI=1S/C11H12ClNO/c12-8-1-2-9-10(5-8)14-7-11(9)3-4-13-6-11/h1-2,5,13H,3-4,6-7H2. The van der Waals surface area contributed by atoms with Crippen molar-refractivity contribution < 1.29 is 4.74 Å². The number of rotatable bonds is 0. The Bertz CT molecular complexity index is 372. The molecule has 14 heavy (non-hydrogen) atoms. The monoisotopic (exact) mass is 209 g/mol. The SMILES string of the molecule is Clc1ccc2c(c1)OCC21CCNC1. The molecule has 2 aliphatic rings. The van der Waals surface area contributed by atoms with Gasteiger partial charge in [0, 0.05) is 22.5 Å². The summed E-state index contributed by atoms with van der Waals surface area (Å²) in [5.41, 5.74) is 1.55. The molecular formula is C11H12ClNO. The minimum atomic E-state index is 0.222. The number of fused-ring (bicyclic) bond motifs is 2. The molecule has 1 N–H and O–H groups in total. The van der Waals surface area contributed by atoms with E-state index in [1.807, 2.05) is 12.1 Å². The Morgan fingerprint density at radius 1 is 1.43 bits per heavy atom. The fourth-order valence-corrected chi connectivity index (χ4v) is 2.61. The molecule has 2 heterocycles. The number of nitrogens with one attached hydrogen (secondary N) is 1. The predicted octanol–water partition coefficient (Wildman–Crippen LogP) is 1.96. The van der Waals surface area contributed by atoms with E-state index in [0.29, 0.717) is 0 Å². The van der Waals surface area contributed by atoms with Crippen molar-refractivity contribution >= 4 is 11.6 Å². The molecule has 0 saturated carbocycles. The largest absolute Gasteiger partial charge is 0.492 e. The molecule has 3 heteroatoms. The van der Waals surface area contributed by atoms with Crippen molar-refractivity contribution in [2.75, 3.05) is 19.7 Å². The first-order valence-electron chi connectivity index (χ1n) is 4.94. The van der Waals surface area contributed by atoms with E-state index in [-0.39, 0.29) is 5.41 Å². The third-order valence-electron chi connectivity index (χ3n) is 3.26. The Morgan fingerprint density at radius 2 is 2.36 bits per heavy atom. The lowest BCUT2D eigenvalue weighted by molar-refractivity contribution is 0.277. The summed E-state index contributed by atoms with van der Waals surface area (Å²) in [5.74, 6) is 0.973. The normalized spacial score (nSPS) is 29.2. The van der Waals surface area contributed by atoms with Crippen LogP contribution >= 0.6 is 11.6 Å². The highest BCUT2D eigenvalue weighted by molar-refractivity contribution is 6.30. The van der Waals surface area contributed by atoms with Crippen molar-refractivity contribution in [1.29, 1.82) is 0 Å². The molecule has 0 aromatic heterocycles. The molecule has 0 bridgehead atoms. The Labute approximate surface area is 88.2 Å². The molecule has 2 nitrogen and oxygen atoms in total. The first kappa shape index (κ1) is 8.57. The van der Waals surface area contributed by atoms with Crippen molar-refractivity contribution in [2.45, 2.75) is 11.8 Å². The molecule has 1 spiro atoms. The fraction of sp³-hybridized carbons (Fsp3) is 0.455. The average molecular weight is 210 g/mol. The Kier molecular flexibility index (Phi) is 1.76. The molecule has 0 amide bonds. The van der Waals surface area contributed by atoms with Crippen LogP contribution in [0, 0.1) is 0 Å². The zero-order valence-corrected chi connectivity index (χ0v) is 8.60. The zero-order chi connectivity index (χ0) is 9.60. The molecule has 1 atom stereocenters. The smallest absolute Gasteiger partial charge is 0.124 e. The van der Waals surface area contributed by atoms with Crippen molar-refractivity contribution in [3.63, 3.8) is 0 Å². The van der Waals surface area contributed by atoms with Crippen molar-refractivity contribution in [3.05, 3.63) is 28.8 Å². The summed E-state index contributed by atoms with van der Waals surface area (Å²) in [6.45, 7) is 2.92. The van der Waals surface area contributed by atoms with Gasteiger partial charge < -0.3 is 10.1 Å². The summed E-state index contributed by atoms with van der Waals surface area (Å²) in [6, 6.07) is 5.98. The Balaban J connectivity index is 2.09. The van der Waals surface area contributed by atoms with Gasteiger partial charge in [-0.15, -0.1) is 0 Å². The van der Waals surface area contributed by atoms with Crippen molar-refractivity contribution in [3.8, 4) is 5.75 Å². The van der Waals surface area contributed by atoms with Crippen LogP contribution < -0.4 is 10.1 Å². The van der Waals surface area contributed by atoms with Gasteiger partial charge in [0.1, 0.15) is 5.75 Å². The van der Waals surface area contributed by atoms with E-state index in [0.717, 1.165) is 30.5 Å². The van der Waals surface area contributed by atoms with Crippen molar-refractivity contribution in [1.82, 2.24) is 5.32 Å². The topological polar surface area (TPSA) is 21.3 Å². The highest BCUT2D eigenvalue weighted by atomic mass is 35.5. The van der Waals surface area contributed by atoms with Crippen LogP contribution in [0.2, 0.25) is 5.02 Å². The highest BCUT2D eigenvalue weighted by Crippen LogP contribution is 2.43. The van der Waals surface area contributed by atoms with E-state index < -0.39 is 0 Å². The lowest BCUT2D eigenvalue weighted by Crippen LogP contribution is -2.30. The van der Waals surface area contributed by atoms with Gasteiger partial charge in [0.15, 0.2) is 0 Å². The van der Waals surface area contributed by atoms with Gasteiger partial charge in [0.2, 0.25) is 0 Å². The zero-order valence-electron chi connectivity index (χ0n) is 7.85. The summed E-state index contributed by atoms with van der Waals surface area (Å²) < 4.78 is 5.69. The second kappa shape index (κ2) is 2.88. The quantitative estimate of drug-likeness (QED) is 0.706. The predicted molar refractivity (Wildman–Crippen MR) is 56.1 cm³/mol. The third-order valence-corrected chi connectivity index (χ3v) is 3.50. The molecule has 2 aliphatic heterocycles. The summed E-state index contributed by atoms with van der Waals surface area (Å²) in [5, 5.41) is 4.15. The molecule has 1 aromatic carbocycles. The Hall–Kier alpha value is -0.730. The van der Waals surface area contributed by atoms with E-state index in [1.54, 1.807) is 0 Å². The van der Waals surface area contributed by atoms with Gasteiger partial charge in [0.25, 0.3) is 0 Å². The number of hydrogen-bond acceptors (Lipinski definition) is 2. The van der Waals surface area contributed by atoms with Gasteiger partial charge in [-0.05, 0) is 25.1 Å². The van der Waals surface area contributed by atoms with Crippen LogP contribution in [0.3, 0.4) is 0 Å². The van der Waals surface area contributed by atoms with Crippen LogP contribution in [-0.4, -0.2) is 19.7 Å². The van der Waals surface area contributed by atoms with Gasteiger partial charge >= 0.3 is 0 Å². The minimum absolute atomic E-state index is 0.222. The number of hydrogen-bond donors (Lipinski definition) is 1. The third kappa shape index (κ3) is 1.07. The Morgan fingerprint density at radius 3 is 3.14 bits per heavy atom. The van der Waals surface area contributed by atoms with Gasteiger partial charge in [-0.2, -0.15) is 0 Å². The van der Waals surface area contributed by atoms with Crippen LogP contribution in [0.4, 0.5) is 0 Å². The van der Waals surface area contributed by atoms with E-state index in [1.165, 1.54) is 12.0 Å². The molecule has 0 radical (unpaired) electrons. The van der Waals surface area contributed by atoms with Crippen LogP contribution in [0.25, 0.3) is 0 Å². The molecular weight excluding hydrogens is 198 g/mol. The fourth-order valence-electron chi connectivity index (χ4n) is 2.44. The van der Waals surface area contributed by atoms with Crippen LogP contribution in [0.5, 0.6) is 5.75 Å². The van der Waals surface area contributed by atoms with E-state index in [4.69, 9.17) is 16.3 Å². The van der Waals surface area contributed by atoms with Crippen molar-refractivity contribution in [2.24, 2.45) is 0 Å². The summed E-state index contributed by atoms with van der Waals surface area (Å²) in [6.07, 6.45) is 1.17. The van der Waals surface area contributed by atoms with Gasteiger partial charge in [0.05, 0.1) is 6.61 Å². The second-order valence-corrected chi connectivity index (χ2v) is 4.57. The molecule has 1 unspecified atom stereocenters. The summed E-state index contributed by atoms with van der Waals surface area (Å²) in [4.78, 5) is 0. The first-order chi connectivity index (χ1) is 6.80. The maximum Gasteiger partial charge on any atom is 0.124 e. The molecule has 0 aliphatic carbocycles. The van der Waals surface area contributed by atoms with Crippen LogP contribution in [0.1, 0.15) is 12.0 Å². The summed E-state index contributed by atoms with van der Waals surface area (Å²) in [7, 11) is 0.